The van der Waals surface area contributed by atoms with Gasteiger partial charge in [0.15, 0.2) is 0 Å². The predicted octanol–water partition coefficient (Wildman–Crippen LogP) is 2.66. The molecular formula is C13H13Cl2N3O2. The molecule has 1 aliphatic heterocycles. The Kier molecular flexibility index (Phi) is 3.46. The van der Waals surface area contributed by atoms with E-state index < -0.39 is 5.41 Å². The van der Waals surface area contributed by atoms with Gasteiger partial charge in [-0.2, -0.15) is 4.98 Å². The van der Waals surface area contributed by atoms with Gasteiger partial charge in [0, 0.05) is 11.6 Å². The Hall–Kier alpha value is -1.14. The number of benzene rings is 1. The number of nitrogens with zero attached hydrogens (tertiary/aromatic N) is 2. The fourth-order valence-electron chi connectivity index (χ4n) is 2.12. The third-order valence-corrected chi connectivity index (χ3v) is 4.35. The summed E-state index contributed by atoms with van der Waals surface area (Å²) in [6.07, 6.45) is 0. The second-order valence-electron chi connectivity index (χ2n) is 5.09. The third kappa shape index (κ3) is 2.20. The largest absolute Gasteiger partial charge is 0.379 e. The first kappa shape index (κ1) is 13.8. The number of halogens is 2. The Morgan fingerprint density at radius 2 is 2.15 bits per heavy atom. The quantitative estimate of drug-likeness (QED) is 0.922. The molecule has 2 heterocycles. The summed E-state index contributed by atoms with van der Waals surface area (Å²) in [5.74, 6) is 0.933. The topological polar surface area (TPSA) is 74.2 Å². The first-order valence-electron chi connectivity index (χ1n) is 6.13. The van der Waals surface area contributed by atoms with E-state index in [2.05, 4.69) is 10.1 Å². The Morgan fingerprint density at radius 3 is 2.80 bits per heavy atom. The first-order valence-corrected chi connectivity index (χ1v) is 6.89. The molecule has 106 valence electrons. The van der Waals surface area contributed by atoms with Crippen molar-refractivity contribution in [3.63, 3.8) is 0 Å². The van der Waals surface area contributed by atoms with Crippen molar-refractivity contribution in [2.45, 2.75) is 18.4 Å². The Labute approximate surface area is 126 Å². The highest BCUT2D eigenvalue weighted by atomic mass is 35.5. The summed E-state index contributed by atoms with van der Waals surface area (Å²) < 4.78 is 10.7. The molecule has 2 unspecified atom stereocenters. The van der Waals surface area contributed by atoms with Crippen LogP contribution in [0.25, 0.3) is 11.4 Å². The standard InChI is InChI=1S/C13H13Cl2N3O2/c1-13(6-19-5-10(13)16)12-17-11(18-20-12)7-2-3-8(14)9(15)4-7/h2-4,10H,5-6,16H2,1H3. The molecule has 0 spiro atoms. The van der Waals surface area contributed by atoms with Crippen molar-refractivity contribution >= 4 is 23.2 Å². The van der Waals surface area contributed by atoms with Gasteiger partial charge in [-0.05, 0) is 25.1 Å². The van der Waals surface area contributed by atoms with Crippen LogP contribution in [0.15, 0.2) is 22.7 Å². The van der Waals surface area contributed by atoms with E-state index in [1.807, 2.05) is 6.92 Å². The molecule has 20 heavy (non-hydrogen) atoms. The zero-order chi connectivity index (χ0) is 14.3. The normalized spacial score (nSPS) is 26.1. The van der Waals surface area contributed by atoms with Gasteiger partial charge in [0.1, 0.15) is 0 Å². The monoisotopic (exact) mass is 313 g/mol. The number of hydrogen-bond donors (Lipinski definition) is 1. The van der Waals surface area contributed by atoms with Crippen LogP contribution in [0.4, 0.5) is 0 Å². The minimum Gasteiger partial charge on any atom is -0.379 e. The molecule has 1 saturated heterocycles. The fourth-order valence-corrected chi connectivity index (χ4v) is 2.42. The molecule has 1 fully saturated rings. The van der Waals surface area contributed by atoms with E-state index >= 15 is 0 Å². The maximum atomic E-state index is 6.05. The van der Waals surface area contributed by atoms with E-state index in [0.717, 1.165) is 5.56 Å². The molecule has 3 rings (SSSR count). The minimum atomic E-state index is -0.457. The number of rotatable bonds is 2. The highest BCUT2D eigenvalue weighted by Crippen LogP contribution is 2.33. The molecule has 2 aromatic rings. The molecule has 0 radical (unpaired) electrons. The molecule has 2 atom stereocenters. The van der Waals surface area contributed by atoms with Crippen LogP contribution in [-0.4, -0.2) is 29.4 Å². The van der Waals surface area contributed by atoms with Crippen molar-refractivity contribution in [2.24, 2.45) is 5.73 Å². The second kappa shape index (κ2) is 5.00. The van der Waals surface area contributed by atoms with E-state index in [1.165, 1.54) is 0 Å². The van der Waals surface area contributed by atoms with Crippen LogP contribution in [-0.2, 0) is 10.2 Å². The average Bonchev–Trinajstić information content (AvgIpc) is 3.02. The molecule has 1 aromatic heterocycles. The van der Waals surface area contributed by atoms with Gasteiger partial charge in [-0.1, -0.05) is 28.4 Å². The number of hydrogen-bond acceptors (Lipinski definition) is 5. The molecule has 5 nitrogen and oxygen atoms in total. The van der Waals surface area contributed by atoms with Gasteiger partial charge in [0.2, 0.25) is 11.7 Å². The third-order valence-electron chi connectivity index (χ3n) is 3.61. The van der Waals surface area contributed by atoms with Crippen molar-refractivity contribution in [1.29, 1.82) is 0 Å². The van der Waals surface area contributed by atoms with E-state index in [1.54, 1.807) is 18.2 Å². The van der Waals surface area contributed by atoms with Gasteiger partial charge >= 0.3 is 0 Å². The van der Waals surface area contributed by atoms with Crippen LogP contribution in [0, 0.1) is 0 Å². The molecule has 0 saturated carbocycles. The lowest BCUT2D eigenvalue weighted by Gasteiger charge is -2.21. The van der Waals surface area contributed by atoms with E-state index in [-0.39, 0.29) is 6.04 Å². The first-order chi connectivity index (χ1) is 9.50. The van der Waals surface area contributed by atoms with Crippen LogP contribution < -0.4 is 5.73 Å². The van der Waals surface area contributed by atoms with Gasteiger partial charge in [-0.25, -0.2) is 0 Å². The molecule has 1 aromatic carbocycles. The van der Waals surface area contributed by atoms with Gasteiger partial charge in [-0.3, -0.25) is 0 Å². The zero-order valence-corrected chi connectivity index (χ0v) is 12.3. The Morgan fingerprint density at radius 1 is 1.35 bits per heavy atom. The van der Waals surface area contributed by atoms with Gasteiger partial charge < -0.3 is 15.0 Å². The lowest BCUT2D eigenvalue weighted by atomic mass is 9.86. The maximum Gasteiger partial charge on any atom is 0.236 e. The number of ether oxygens (including phenoxy) is 1. The molecule has 1 aliphatic rings. The maximum absolute atomic E-state index is 6.05. The summed E-state index contributed by atoms with van der Waals surface area (Å²) in [6.45, 7) is 2.91. The summed E-state index contributed by atoms with van der Waals surface area (Å²) in [6, 6.07) is 5.02. The highest BCUT2D eigenvalue weighted by Gasteiger charge is 2.44. The molecular weight excluding hydrogens is 301 g/mol. The molecule has 7 heteroatoms. The van der Waals surface area contributed by atoms with Crippen LogP contribution in [0.1, 0.15) is 12.8 Å². The number of aromatic nitrogens is 2. The highest BCUT2D eigenvalue weighted by molar-refractivity contribution is 6.42. The van der Waals surface area contributed by atoms with Crippen LogP contribution in [0.3, 0.4) is 0 Å². The molecule has 2 N–H and O–H groups in total. The van der Waals surface area contributed by atoms with E-state index in [9.17, 15) is 0 Å². The van der Waals surface area contributed by atoms with Crippen molar-refractivity contribution in [3.05, 3.63) is 34.1 Å². The van der Waals surface area contributed by atoms with Crippen molar-refractivity contribution in [2.75, 3.05) is 13.2 Å². The Bertz CT molecular complexity index is 646. The summed E-state index contributed by atoms with van der Waals surface area (Å²) in [4.78, 5) is 4.42. The lowest BCUT2D eigenvalue weighted by Crippen LogP contribution is -2.42. The summed E-state index contributed by atoms with van der Waals surface area (Å²) >= 11 is 11.9. The average molecular weight is 314 g/mol. The van der Waals surface area contributed by atoms with Gasteiger partial charge in [0.05, 0.1) is 28.7 Å². The molecule has 0 aliphatic carbocycles. The lowest BCUT2D eigenvalue weighted by molar-refractivity contribution is 0.169. The molecule has 0 amide bonds. The zero-order valence-electron chi connectivity index (χ0n) is 10.8. The smallest absolute Gasteiger partial charge is 0.236 e. The van der Waals surface area contributed by atoms with Crippen molar-refractivity contribution < 1.29 is 9.26 Å². The van der Waals surface area contributed by atoms with Crippen molar-refractivity contribution in [3.8, 4) is 11.4 Å². The van der Waals surface area contributed by atoms with E-state index in [4.69, 9.17) is 38.2 Å². The summed E-state index contributed by atoms with van der Waals surface area (Å²) in [5, 5.41) is 4.91. The predicted molar refractivity (Wildman–Crippen MR) is 75.9 cm³/mol. The number of nitrogens with two attached hydrogens (primary N) is 1. The SMILES string of the molecule is CC1(c2nc(-c3ccc(Cl)c(Cl)c3)no2)COCC1N. The van der Waals surface area contributed by atoms with Crippen LogP contribution in [0.2, 0.25) is 10.0 Å². The van der Waals surface area contributed by atoms with Gasteiger partial charge in [0.25, 0.3) is 0 Å². The van der Waals surface area contributed by atoms with Crippen molar-refractivity contribution in [1.82, 2.24) is 10.1 Å². The van der Waals surface area contributed by atoms with Crippen LogP contribution in [0.5, 0.6) is 0 Å². The molecule has 0 bridgehead atoms. The van der Waals surface area contributed by atoms with Gasteiger partial charge in [-0.15, -0.1) is 0 Å². The Balaban J connectivity index is 1.96. The van der Waals surface area contributed by atoms with Crippen LogP contribution >= 0.6 is 23.2 Å². The minimum absolute atomic E-state index is 0.162. The fraction of sp³-hybridized carbons (Fsp3) is 0.385. The van der Waals surface area contributed by atoms with E-state index in [0.29, 0.717) is 35.0 Å². The summed E-state index contributed by atoms with van der Waals surface area (Å²) in [5.41, 5.74) is 6.33. The second-order valence-corrected chi connectivity index (χ2v) is 5.91. The summed E-state index contributed by atoms with van der Waals surface area (Å²) in [7, 11) is 0.